The molecule has 1 atom stereocenters. The molecule has 1 aromatic heterocycles. The molecule has 2 N–H and O–H groups in total. The number of nitrogens with zero attached hydrogens (tertiary/aromatic N) is 2. The van der Waals surface area contributed by atoms with Gasteiger partial charge in [-0.15, -0.1) is 0 Å². The molecule has 0 aliphatic carbocycles. The minimum Gasteiger partial charge on any atom is -0.390 e. The van der Waals surface area contributed by atoms with Crippen molar-refractivity contribution in [3.05, 3.63) is 17.7 Å². The lowest BCUT2D eigenvalue weighted by Crippen LogP contribution is -2.14. The van der Waals surface area contributed by atoms with Gasteiger partial charge in [-0.3, -0.25) is 0 Å². The predicted molar refractivity (Wildman–Crippen MR) is 42.3 cm³/mol. The van der Waals surface area contributed by atoms with Crippen molar-refractivity contribution in [2.24, 2.45) is 0 Å². The van der Waals surface area contributed by atoms with E-state index in [0.717, 1.165) is 19.4 Å². The van der Waals surface area contributed by atoms with Crippen molar-refractivity contribution < 1.29 is 10.2 Å². The highest BCUT2D eigenvalue weighted by Gasteiger charge is 2.19. The number of aliphatic hydroxyl groups excluding tert-OH is 2. The predicted octanol–water partition coefficient (Wildman–Crippen LogP) is 0.203. The van der Waals surface area contributed by atoms with Gasteiger partial charge in [0, 0.05) is 12.7 Å². The molecule has 0 fully saturated rings. The topological polar surface area (TPSA) is 58.3 Å². The molecule has 1 aliphatic rings. The minimum atomic E-state index is -0.445. The van der Waals surface area contributed by atoms with Crippen LogP contribution in [0.4, 0.5) is 0 Å². The maximum Gasteiger partial charge on any atom is 0.138 e. The fraction of sp³-hybridized carbons (Fsp3) is 0.625. The van der Waals surface area contributed by atoms with Crippen molar-refractivity contribution in [3.63, 3.8) is 0 Å². The van der Waals surface area contributed by atoms with Gasteiger partial charge in [-0.2, -0.15) is 0 Å². The number of rotatable bonds is 1. The van der Waals surface area contributed by atoms with Crippen LogP contribution in [0, 0.1) is 0 Å². The molecule has 0 amide bonds. The highest BCUT2D eigenvalue weighted by molar-refractivity contribution is 5.07. The van der Waals surface area contributed by atoms with E-state index in [9.17, 15) is 5.11 Å². The first-order valence-electron chi connectivity index (χ1n) is 4.16. The number of hydrogen-bond donors (Lipinski definition) is 2. The maximum absolute atomic E-state index is 9.51. The van der Waals surface area contributed by atoms with E-state index in [0.29, 0.717) is 11.5 Å². The van der Waals surface area contributed by atoms with E-state index in [-0.39, 0.29) is 6.61 Å². The van der Waals surface area contributed by atoms with Gasteiger partial charge in [-0.05, 0) is 12.8 Å². The van der Waals surface area contributed by atoms with E-state index >= 15 is 0 Å². The summed E-state index contributed by atoms with van der Waals surface area (Å²) in [4.78, 5) is 4.11. The highest BCUT2D eigenvalue weighted by atomic mass is 16.3. The normalized spacial score (nSPS) is 22.3. The maximum atomic E-state index is 9.51. The van der Waals surface area contributed by atoms with E-state index in [1.165, 1.54) is 0 Å². The van der Waals surface area contributed by atoms with E-state index in [2.05, 4.69) is 4.98 Å². The Hall–Kier alpha value is -0.870. The molecule has 0 saturated carbocycles. The first-order chi connectivity index (χ1) is 5.81. The Morgan fingerprint density at radius 3 is 3.17 bits per heavy atom. The van der Waals surface area contributed by atoms with Crippen LogP contribution in [0.2, 0.25) is 0 Å². The Morgan fingerprint density at radius 2 is 2.50 bits per heavy atom. The van der Waals surface area contributed by atoms with Crippen LogP contribution in [0.25, 0.3) is 0 Å². The lowest BCUT2D eigenvalue weighted by molar-refractivity contribution is 0.133. The molecule has 1 unspecified atom stereocenters. The zero-order chi connectivity index (χ0) is 8.55. The number of fused-ring (bicyclic) bond motifs is 1. The average molecular weight is 168 g/mol. The number of imidazole rings is 1. The molecule has 0 saturated heterocycles. The summed E-state index contributed by atoms with van der Waals surface area (Å²) in [6.07, 6.45) is 3.12. The van der Waals surface area contributed by atoms with Crippen LogP contribution in [0.1, 0.15) is 30.5 Å². The van der Waals surface area contributed by atoms with Crippen LogP contribution in [0.3, 0.4) is 0 Å². The molecule has 1 aromatic rings. The van der Waals surface area contributed by atoms with Crippen molar-refractivity contribution in [3.8, 4) is 0 Å². The Morgan fingerprint density at radius 1 is 1.67 bits per heavy atom. The first-order valence-corrected chi connectivity index (χ1v) is 4.16. The molecule has 12 heavy (non-hydrogen) atoms. The zero-order valence-corrected chi connectivity index (χ0v) is 6.77. The Labute approximate surface area is 70.5 Å². The Balaban J connectivity index is 2.37. The summed E-state index contributed by atoms with van der Waals surface area (Å²) >= 11 is 0. The largest absolute Gasteiger partial charge is 0.390 e. The third-order valence-electron chi connectivity index (χ3n) is 2.19. The van der Waals surface area contributed by atoms with Crippen molar-refractivity contribution in [1.82, 2.24) is 9.55 Å². The lowest BCUT2D eigenvalue weighted by Gasteiger charge is -2.18. The summed E-state index contributed by atoms with van der Waals surface area (Å²) in [5, 5.41) is 18.3. The molecule has 1 aliphatic heterocycles. The van der Waals surface area contributed by atoms with Crippen LogP contribution in [-0.4, -0.2) is 19.8 Å². The second kappa shape index (κ2) is 2.88. The lowest BCUT2D eigenvalue weighted by atomic mass is 10.1. The number of aromatic nitrogens is 2. The quantitative estimate of drug-likeness (QED) is 0.630. The highest BCUT2D eigenvalue weighted by Crippen LogP contribution is 2.23. The number of hydrogen-bond acceptors (Lipinski definition) is 3. The summed E-state index contributed by atoms with van der Waals surface area (Å²) in [6.45, 7) is 0.853. The van der Waals surface area contributed by atoms with Crippen molar-refractivity contribution in [1.29, 1.82) is 0 Å². The van der Waals surface area contributed by atoms with Crippen LogP contribution in [0.5, 0.6) is 0 Å². The first kappa shape index (κ1) is 7.76. The number of aliphatic hydroxyl groups is 2. The fourth-order valence-electron chi connectivity index (χ4n) is 1.59. The van der Waals surface area contributed by atoms with Gasteiger partial charge >= 0.3 is 0 Å². The molecular formula is C8H12N2O2. The molecule has 0 radical (unpaired) electrons. The molecule has 0 spiro atoms. The summed E-state index contributed by atoms with van der Waals surface area (Å²) in [5.74, 6) is 0.699. The van der Waals surface area contributed by atoms with Crippen LogP contribution < -0.4 is 0 Å². The van der Waals surface area contributed by atoms with Gasteiger partial charge in [0.05, 0.1) is 12.3 Å². The third kappa shape index (κ3) is 1.13. The number of aryl methyl sites for hydroxylation is 1. The van der Waals surface area contributed by atoms with Gasteiger partial charge in [-0.25, -0.2) is 4.98 Å². The van der Waals surface area contributed by atoms with Crippen LogP contribution >= 0.6 is 0 Å². The van der Waals surface area contributed by atoms with Crippen molar-refractivity contribution in [2.75, 3.05) is 0 Å². The SMILES string of the molecule is OCc1cn2c(n1)C(O)CCC2. The van der Waals surface area contributed by atoms with Gasteiger partial charge in [0.25, 0.3) is 0 Å². The smallest absolute Gasteiger partial charge is 0.138 e. The minimum absolute atomic E-state index is 0.0489. The molecule has 0 aromatic carbocycles. The molecule has 4 nitrogen and oxygen atoms in total. The average Bonchev–Trinajstić information content (AvgIpc) is 2.49. The molecule has 66 valence electrons. The summed E-state index contributed by atoms with van der Waals surface area (Å²) in [5.41, 5.74) is 0.644. The summed E-state index contributed by atoms with van der Waals surface area (Å²) < 4.78 is 1.92. The van der Waals surface area contributed by atoms with E-state index in [1.54, 1.807) is 6.20 Å². The van der Waals surface area contributed by atoms with Crippen LogP contribution in [-0.2, 0) is 13.2 Å². The summed E-state index contributed by atoms with van der Waals surface area (Å²) in [7, 11) is 0. The second-order valence-corrected chi connectivity index (χ2v) is 3.10. The third-order valence-corrected chi connectivity index (χ3v) is 2.19. The Bertz CT molecular complexity index is 283. The standard InChI is InChI=1S/C8H12N2O2/c11-5-6-4-10-3-1-2-7(12)8(10)9-6/h4,7,11-12H,1-3,5H2. The molecule has 2 heterocycles. The van der Waals surface area contributed by atoms with E-state index in [4.69, 9.17) is 5.11 Å². The molecule has 0 bridgehead atoms. The van der Waals surface area contributed by atoms with E-state index in [1.807, 2.05) is 4.57 Å². The van der Waals surface area contributed by atoms with Gasteiger partial charge in [0.1, 0.15) is 11.9 Å². The van der Waals surface area contributed by atoms with Crippen LogP contribution in [0.15, 0.2) is 6.20 Å². The molecular weight excluding hydrogens is 156 g/mol. The summed E-state index contributed by atoms with van der Waals surface area (Å²) in [6, 6.07) is 0. The van der Waals surface area contributed by atoms with Gasteiger partial charge in [0.15, 0.2) is 0 Å². The van der Waals surface area contributed by atoms with Gasteiger partial charge in [-0.1, -0.05) is 0 Å². The molecule has 2 rings (SSSR count). The monoisotopic (exact) mass is 168 g/mol. The van der Waals surface area contributed by atoms with Crippen molar-refractivity contribution in [2.45, 2.75) is 32.1 Å². The van der Waals surface area contributed by atoms with Gasteiger partial charge in [0.2, 0.25) is 0 Å². The van der Waals surface area contributed by atoms with E-state index < -0.39 is 6.10 Å². The zero-order valence-electron chi connectivity index (χ0n) is 6.77. The molecule has 4 heteroatoms. The fourth-order valence-corrected chi connectivity index (χ4v) is 1.59. The van der Waals surface area contributed by atoms with Crippen molar-refractivity contribution >= 4 is 0 Å². The van der Waals surface area contributed by atoms with Gasteiger partial charge < -0.3 is 14.8 Å². The second-order valence-electron chi connectivity index (χ2n) is 3.10. The Kier molecular flexibility index (Phi) is 1.86.